The summed E-state index contributed by atoms with van der Waals surface area (Å²) < 4.78 is 5.89. The number of hydrogen-bond acceptors (Lipinski definition) is 6. The van der Waals surface area contributed by atoms with Gasteiger partial charge in [-0.15, -0.1) is 11.3 Å². The molecule has 0 spiro atoms. The van der Waals surface area contributed by atoms with Crippen LogP contribution in [0.15, 0.2) is 30.0 Å². The molecule has 2 fully saturated rings. The SMILES string of the molecule is Cc1ccsc1CN1C[C@@H]2[C@@H](C(=O)Nc3cnccn3)CO[C@@H]2C1. The van der Waals surface area contributed by atoms with E-state index in [1.165, 1.54) is 10.4 Å². The van der Waals surface area contributed by atoms with Gasteiger partial charge in [0, 0.05) is 42.8 Å². The Balaban J connectivity index is 1.39. The van der Waals surface area contributed by atoms with E-state index in [2.05, 4.69) is 38.6 Å². The second kappa shape index (κ2) is 6.58. The van der Waals surface area contributed by atoms with Crippen LogP contribution in [0.25, 0.3) is 0 Å². The zero-order chi connectivity index (χ0) is 16.5. The van der Waals surface area contributed by atoms with Crippen molar-refractivity contribution in [1.82, 2.24) is 14.9 Å². The first-order valence-electron chi connectivity index (χ1n) is 8.14. The van der Waals surface area contributed by atoms with Gasteiger partial charge in [-0.25, -0.2) is 4.98 Å². The molecule has 0 unspecified atom stereocenters. The smallest absolute Gasteiger partial charge is 0.231 e. The molecule has 6 nitrogen and oxygen atoms in total. The van der Waals surface area contributed by atoms with Crippen LogP contribution in [-0.4, -0.2) is 46.6 Å². The number of anilines is 1. The van der Waals surface area contributed by atoms with Crippen molar-refractivity contribution in [3.63, 3.8) is 0 Å². The highest BCUT2D eigenvalue weighted by atomic mass is 32.1. The highest BCUT2D eigenvalue weighted by Gasteiger charge is 2.46. The van der Waals surface area contributed by atoms with Gasteiger partial charge >= 0.3 is 0 Å². The van der Waals surface area contributed by atoms with E-state index in [4.69, 9.17) is 4.74 Å². The molecule has 2 aromatic rings. The van der Waals surface area contributed by atoms with Gasteiger partial charge in [-0.2, -0.15) is 0 Å². The molecule has 7 heteroatoms. The number of amides is 1. The number of carbonyl (C=O) groups is 1. The van der Waals surface area contributed by atoms with Crippen LogP contribution in [0.3, 0.4) is 0 Å². The molecule has 24 heavy (non-hydrogen) atoms. The maximum Gasteiger partial charge on any atom is 0.231 e. The van der Waals surface area contributed by atoms with E-state index in [-0.39, 0.29) is 23.8 Å². The first-order valence-corrected chi connectivity index (χ1v) is 9.02. The van der Waals surface area contributed by atoms with Gasteiger partial charge in [0.25, 0.3) is 0 Å². The summed E-state index contributed by atoms with van der Waals surface area (Å²) >= 11 is 1.80. The largest absolute Gasteiger partial charge is 0.376 e. The zero-order valence-electron chi connectivity index (χ0n) is 13.5. The average molecular weight is 344 g/mol. The number of nitrogens with one attached hydrogen (secondary N) is 1. The lowest BCUT2D eigenvalue weighted by Crippen LogP contribution is -2.32. The summed E-state index contributed by atoms with van der Waals surface area (Å²) in [6.45, 7) is 5.39. The third kappa shape index (κ3) is 3.07. The topological polar surface area (TPSA) is 67.4 Å². The van der Waals surface area contributed by atoms with Crippen molar-refractivity contribution >= 4 is 23.1 Å². The molecule has 0 saturated carbocycles. The minimum absolute atomic E-state index is 0.0165. The molecule has 0 bridgehead atoms. The lowest BCUT2D eigenvalue weighted by Gasteiger charge is -2.19. The predicted octanol–water partition coefficient (Wildman–Crippen LogP) is 1.93. The second-order valence-corrected chi connectivity index (χ2v) is 7.44. The molecule has 0 radical (unpaired) electrons. The maximum absolute atomic E-state index is 12.6. The van der Waals surface area contributed by atoms with E-state index in [0.717, 1.165) is 19.6 Å². The Morgan fingerprint density at radius 1 is 1.46 bits per heavy atom. The summed E-state index contributed by atoms with van der Waals surface area (Å²) in [6.07, 6.45) is 4.88. The van der Waals surface area contributed by atoms with E-state index < -0.39 is 0 Å². The fourth-order valence-corrected chi connectivity index (χ4v) is 4.49. The average Bonchev–Trinajstić information content (AvgIpc) is 3.25. The minimum atomic E-state index is -0.119. The van der Waals surface area contributed by atoms with E-state index in [1.807, 2.05) is 0 Å². The summed E-state index contributed by atoms with van der Waals surface area (Å²) in [5.41, 5.74) is 1.34. The summed E-state index contributed by atoms with van der Waals surface area (Å²) in [5.74, 6) is 0.612. The molecule has 2 saturated heterocycles. The van der Waals surface area contributed by atoms with Gasteiger partial charge in [0.05, 0.1) is 24.8 Å². The van der Waals surface area contributed by atoms with Crippen molar-refractivity contribution in [2.24, 2.45) is 11.8 Å². The van der Waals surface area contributed by atoms with Crippen LogP contribution < -0.4 is 5.32 Å². The Morgan fingerprint density at radius 2 is 2.38 bits per heavy atom. The molecule has 2 aromatic heterocycles. The van der Waals surface area contributed by atoms with E-state index in [9.17, 15) is 4.79 Å². The third-order valence-corrected chi connectivity index (χ3v) is 5.89. The lowest BCUT2D eigenvalue weighted by molar-refractivity contribution is -0.120. The summed E-state index contributed by atoms with van der Waals surface area (Å²) in [5, 5.41) is 4.99. The molecule has 0 aromatic carbocycles. The fraction of sp³-hybridized carbons (Fsp3) is 0.471. The van der Waals surface area contributed by atoms with Gasteiger partial charge in [0.2, 0.25) is 5.91 Å². The molecular weight excluding hydrogens is 324 g/mol. The summed E-state index contributed by atoms with van der Waals surface area (Å²) in [7, 11) is 0. The van der Waals surface area contributed by atoms with Gasteiger partial charge in [-0.1, -0.05) is 0 Å². The molecular formula is C17H20N4O2S. The van der Waals surface area contributed by atoms with Gasteiger partial charge in [0.1, 0.15) is 0 Å². The molecule has 4 rings (SSSR count). The number of fused-ring (bicyclic) bond motifs is 1. The number of likely N-dealkylation sites (tertiary alicyclic amines) is 1. The zero-order valence-corrected chi connectivity index (χ0v) is 14.3. The summed E-state index contributed by atoms with van der Waals surface area (Å²) in [4.78, 5) is 24.4. The Hall–Kier alpha value is -1.83. The Kier molecular flexibility index (Phi) is 4.30. The van der Waals surface area contributed by atoms with Crippen LogP contribution in [0.4, 0.5) is 5.82 Å². The molecule has 0 aliphatic carbocycles. The molecule has 1 amide bonds. The summed E-state index contributed by atoms with van der Waals surface area (Å²) in [6, 6.07) is 2.16. The lowest BCUT2D eigenvalue weighted by atomic mass is 9.92. The number of rotatable bonds is 4. The van der Waals surface area contributed by atoms with Crippen molar-refractivity contribution in [3.8, 4) is 0 Å². The quantitative estimate of drug-likeness (QED) is 0.918. The second-order valence-electron chi connectivity index (χ2n) is 6.44. The number of thiophene rings is 1. The van der Waals surface area contributed by atoms with Gasteiger partial charge < -0.3 is 10.1 Å². The van der Waals surface area contributed by atoms with Crippen molar-refractivity contribution in [3.05, 3.63) is 40.5 Å². The normalized spacial score (nSPS) is 26.5. The van der Waals surface area contributed by atoms with Gasteiger partial charge in [-0.05, 0) is 23.9 Å². The van der Waals surface area contributed by atoms with Crippen molar-refractivity contribution in [2.75, 3.05) is 25.0 Å². The van der Waals surface area contributed by atoms with Crippen molar-refractivity contribution in [1.29, 1.82) is 0 Å². The Bertz CT molecular complexity index is 720. The number of nitrogens with zero attached hydrogens (tertiary/aromatic N) is 3. The monoisotopic (exact) mass is 344 g/mol. The Labute approximate surface area is 144 Å². The first kappa shape index (κ1) is 15.7. The van der Waals surface area contributed by atoms with Crippen LogP contribution in [0, 0.1) is 18.8 Å². The van der Waals surface area contributed by atoms with E-state index in [0.29, 0.717) is 12.4 Å². The number of hydrogen-bond donors (Lipinski definition) is 1. The first-order chi connectivity index (χ1) is 11.7. The number of aromatic nitrogens is 2. The molecule has 2 aliphatic rings. The molecule has 4 heterocycles. The number of carbonyl (C=O) groups excluding carboxylic acids is 1. The molecule has 2 aliphatic heterocycles. The van der Waals surface area contributed by atoms with Gasteiger partial charge in [-0.3, -0.25) is 14.7 Å². The van der Waals surface area contributed by atoms with Crippen LogP contribution >= 0.6 is 11.3 Å². The van der Waals surface area contributed by atoms with Gasteiger partial charge in [0.15, 0.2) is 5.82 Å². The van der Waals surface area contributed by atoms with Crippen molar-refractivity contribution < 1.29 is 9.53 Å². The van der Waals surface area contributed by atoms with E-state index in [1.54, 1.807) is 29.9 Å². The van der Waals surface area contributed by atoms with E-state index >= 15 is 0 Å². The third-order valence-electron chi connectivity index (χ3n) is 4.88. The van der Waals surface area contributed by atoms with Crippen LogP contribution in [0.5, 0.6) is 0 Å². The maximum atomic E-state index is 12.6. The predicted molar refractivity (Wildman–Crippen MR) is 91.7 cm³/mol. The standard InChI is InChI=1S/C17H20N4O2S/c1-11-2-5-24-15(11)9-21-7-12-13(10-23-14(12)8-21)17(22)20-16-6-18-3-4-19-16/h2-6,12-14H,7-10H2,1H3,(H,19,20,22)/t12-,13+,14-/m1/s1. The molecule has 1 N–H and O–H groups in total. The van der Waals surface area contributed by atoms with Crippen LogP contribution in [-0.2, 0) is 16.1 Å². The number of aryl methyl sites for hydroxylation is 1. The molecule has 126 valence electrons. The Morgan fingerprint density at radius 3 is 3.12 bits per heavy atom. The number of ether oxygens (including phenoxy) is 1. The highest BCUT2D eigenvalue weighted by Crippen LogP contribution is 2.35. The fourth-order valence-electron chi connectivity index (χ4n) is 3.54. The highest BCUT2D eigenvalue weighted by molar-refractivity contribution is 7.10. The minimum Gasteiger partial charge on any atom is -0.376 e. The van der Waals surface area contributed by atoms with Crippen molar-refractivity contribution in [2.45, 2.75) is 19.6 Å². The van der Waals surface area contributed by atoms with Crippen LogP contribution in [0.2, 0.25) is 0 Å². The van der Waals surface area contributed by atoms with Crippen LogP contribution in [0.1, 0.15) is 10.4 Å². The molecule has 3 atom stereocenters.